The lowest BCUT2D eigenvalue weighted by molar-refractivity contribution is -0.384. The van der Waals surface area contributed by atoms with E-state index in [2.05, 4.69) is 10.1 Å². The Kier molecular flexibility index (Phi) is 4.09. The monoisotopic (exact) mass is 342 g/mol. The van der Waals surface area contributed by atoms with Gasteiger partial charge < -0.3 is 0 Å². The number of hydrogen-bond acceptors (Lipinski definition) is 5. The smallest absolute Gasteiger partial charge is 0.267 e. The van der Waals surface area contributed by atoms with Crippen LogP contribution in [0.1, 0.15) is 11.4 Å². The molecule has 1 aromatic heterocycles. The standard InChI is InChI=1S/C16H11ClN4O3/c1-10-19-14-5-3-2-4-12(14)16(22)20(10)18-9-11-6-7-13(17)15(8-11)21(23)24/h2-9H,1H3/b18-9-. The van der Waals surface area contributed by atoms with Crippen LogP contribution in [0.5, 0.6) is 0 Å². The third kappa shape index (κ3) is 2.89. The predicted octanol–water partition coefficient (Wildman–Crippen LogP) is 3.15. The van der Waals surface area contributed by atoms with Gasteiger partial charge in [0.2, 0.25) is 0 Å². The largest absolute Gasteiger partial charge is 0.288 e. The number of halogens is 1. The Labute approximate surface area is 141 Å². The minimum absolute atomic E-state index is 0.0397. The summed E-state index contributed by atoms with van der Waals surface area (Å²) in [6, 6.07) is 11.2. The number of fused-ring (bicyclic) bond motifs is 1. The van der Waals surface area contributed by atoms with Crippen molar-refractivity contribution in [3.63, 3.8) is 0 Å². The lowest BCUT2D eigenvalue weighted by atomic mass is 10.2. The Morgan fingerprint density at radius 3 is 2.79 bits per heavy atom. The number of aromatic nitrogens is 2. The summed E-state index contributed by atoms with van der Waals surface area (Å²) in [6.07, 6.45) is 1.36. The number of nitrogens with zero attached hydrogens (tertiary/aromatic N) is 4. The average Bonchev–Trinajstić information content (AvgIpc) is 2.55. The fourth-order valence-electron chi connectivity index (χ4n) is 2.25. The Balaban J connectivity index is 2.07. The molecular formula is C16H11ClN4O3. The van der Waals surface area contributed by atoms with Crippen LogP contribution in [0.15, 0.2) is 52.4 Å². The molecule has 2 aromatic carbocycles. The number of para-hydroxylation sites is 1. The van der Waals surface area contributed by atoms with Gasteiger partial charge in [0.15, 0.2) is 0 Å². The van der Waals surface area contributed by atoms with Gasteiger partial charge in [-0.25, -0.2) is 4.98 Å². The summed E-state index contributed by atoms with van der Waals surface area (Å²) in [5, 5.41) is 15.5. The molecule has 7 nitrogen and oxygen atoms in total. The first-order valence-electron chi connectivity index (χ1n) is 6.94. The molecule has 0 aliphatic carbocycles. The molecule has 3 rings (SSSR count). The summed E-state index contributed by atoms with van der Waals surface area (Å²) in [4.78, 5) is 27.1. The van der Waals surface area contributed by atoms with Crippen molar-refractivity contribution >= 4 is 34.4 Å². The quantitative estimate of drug-likeness (QED) is 0.415. The molecule has 120 valence electrons. The molecule has 24 heavy (non-hydrogen) atoms. The van der Waals surface area contributed by atoms with Crippen LogP contribution in [0.2, 0.25) is 5.02 Å². The van der Waals surface area contributed by atoms with Gasteiger partial charge in [0, 0.05) is 11.6 Å². The molecule has 0 saturated heterocycles. The van der Waals surface area contributed by atoms with E-state index in [0.29, 0.717) is 22.3 Å². The van der Waals surface area contributed by atoms with E-state index in [-0.39, 0.29) is 16.3 Å². The normalized spacial score (nSPS) is 11.2. The van der Waals surface area contributed by atoms with Crippen molar-refractivity contribution < 1.29 is 4.92 Å². The van der Waals surface area contributed by atoms with E-state index in [1.165, 1.54) is 18.3 Å². The average molecular weight is 343 g/mol. The van der Waals surface area contributed by atoms with Gasteiger partial charge in [-0.05, 0) is 25.1 Å². The van der Waals surface area contributed by atoms with Gasteiger partial charge in [-0.3, -0.25) is 14.9 Å². The molecule has 0 amide bonds. The molecule has 8 heteroatoms. The first-order chi connectivity index (χ1) is 11.5. The zero-order valence-corrected chi connectivity index (χ0v) is 13.3. The number of rotatable bonds is 3. The van der Waals surface area contributed by atoms with Gasteiger partial charge in [0.05, 0.1) is 22.0 Å². The SMILES string of the molecule is Cc1nc2ccccc2c(=O)n1/N=C\c1ccc(Cl)c([N+](=O)[O-])c1. The Hall–Kier alpha value is -3.06. The highest BCUT2D eigenvalue weighted by molar-refractivity contribution is 6.32. The zero-order valence-electron chi connectivity index (χ0n) is 12.5. The number of benzene rings is 2. The van der Waals surface area contributed by atoms with Crippen LogP contribution in [-0.2, 0) is 0 Å². The third-order valence-corrected chi connectivity index (χ3v) is 3.72. The zero-order chi connectivity index (χ0) is 17.3. The molecule has 0 aliphatic heterocycles. The van der Waals surface area contributed by atoms with Crippen LogP contribution in [0.3, 0.4) is 0 Å². The van der Waals surface area contributed by atoms with Gasteiger partial charge >= 0.3 is 0 Å². The fourth-order valence-corrected chi connectivity index (χ4v) is 2.43. The fraction of sp³-hybridized carbons (Fsp3) is 0.0625. The van der Waals surface area contributed by atoms with Crippen molar-refractivity contribution in [1.29, 1.82) is 0 Å². The van der Waals surface area contributed by atoms with E-state index >= 15 is 0 Å². The van der Waals surface area contributed by atoms with E-state index in [0.717, 1.165) is 4.68 Å². The van der Waals surface area contributed by atoms with E-state index in [1.807, 2.05) is 0 Å². The van der Waals surface area contributed by atoms with Gasteiger partial charge in [0.1, 0.15) is 10.8 Å². The van der Waals surface area contributed by atoms with Gasteiger partial charge in [-0.2, -0.15) is 9.78 Å². The summed E-state index contributed by atoms with van der Waals surface area (Å²) >= 11 is 5.77. The van der Waals surface area contributed by atoms with Crippen molar-refractivity contribution in [2.75, 3.05) is 0 Å². The van der Waals surface area contributed by atoms with E-state index < -0.39 is 4.92 Å². The first kappa shape index (κ1) is 15.8. The second-order valence-corrected chi connectivity index (χ2v) is 5.41. The minimum Gasteiger partial charge on any atom is -0.267 e. The van der Waals surface area contributed by atoms with E-state index in [4.69, 9.17) is 11.6 Å². The topological polar surface area (TPSA) is 90.4 Å². The molecule has 1 heterocycles. The third-order valence-electron chi connectivity index (χ3n) is 3.40. The second kappa shape index (κ2) is 6.21. The minimum atomic E-state index is -0.575. The molecule has 0 aliphatic rings. The van der Waals surface area contributed by atoms with Gasteiger partial charge in [-0.1, -0.05) is 29.8 Å². The molecule has 0 bridgehead atoms. The molecule has 3 aromatic rings. The van der Waals surface area contributed by atoms with Crippen LogP contribution in [0, 0.1) is 17.0 Å². The van der Waals surface area contributed by atoms with E-state index in [1.54, 1.807) is 37.3 Å². The molecule has 0 radical (unpaired) electrons. The predicted molar refractivity (Wildman–Crippen MR) is 91.8 cm³/mol. The Bertz CT molecular complexity index is 1040. The van der Waals surface area contributed by atoms with Gasteiger partial charge in [-0.15, -0.1) is 0 Å². The molecule has 0 atom stereocenters. The maximum atomic E-state index is 12.5. The van der Waals surface area contributed by atoms with Crippen molar-refractivity contribution in [3.8, 4) is 0 Å². The van der Waals surface area contributed by atoms with Crippen LogP contribution < -0.4 is 5.56 Å². The number of hydrogen-bond donors (Lipinski definition) is 0. The highest BCUT2D eigenvalue weighted by Crippen LogP contribution is 2.24. The Morgan fingerprint density at radius 1 is 1.29 bits per heavy atom. The van der Waals surface area contributed by atoms with Crippen LogP contribution in [-0.4, -0.2) is 20.8 Å². The maximum absolute atomic E-state index is 12.5. The maximum Gasteiger partial charge on any atom is 0.288 e. The highest BCUT2D eigenvalue weighted by Gasteiger charge is 2.12. The Morgan fingerprint density at radius 2 is 2.04 bits per heavy atom. The summed E-state index contributed by atoms with van der Waals surface area (Å²) in [5.41, 5.74) is 0.512. The lowest BCUT2D eigenvalue weighted by Gasteiger charge is -2.05. The molecule has 0 saturated carbocycles. The van der Waals surface area contributed by atoms with Crippen LogP contribution >= 0.6 is 11.6 Å². The summed E-state index contributed by atoms with van der Waals surface area (Å²) in [6.45, 7) is 1.66. The summed E-state index contributed by atoms with van der Waals surface area (Å²) in [5.74, 6) is 0.415. The number of nitro benzene ring substituents is 1. The summed E-state index contributed by atoms with van der Waals surface area (Å²) in [7, 11) is 0. The number of nitro groups is 1. The van der Waals surface area contributed by atoms with Crippen molar-refractivity contribution in [2.45, 2.75) is 6.92 Å². The molecule has 0 unspecified atom stereocenters. The van der Waals surface area contributed by atoms with Crippen molar-refractivity contribution in [3.05, 3.63) is 79.3 Å². The molecule has 0 spiro atoms. The lowest BCUT2D eigenvalue weighted by Crippen LogP contribution is -2.20. The van der Waals surface area contributed by atoms with Gasteiger partial charge in [0.25, 0.3) is 11.2 Å². The molecule has 0 fully saturated rings. The second-order valence-electron chi connectivity index (χ2n) is 5.01. The molecule has 0 N–H and O–H groups in total. The molecular weight excluding hydrogens is 332 g/mol. The van der Waals surface area contributed by atoms with Crippen LogP contribution in [0.25, 0.3) is 10.9 Å². The van der Waals surface area contributed by atoms with E-state index in [9.17, 15) is 14.9 Å². The van der Waals surface area contributed by atoms with Crippen molar-refractivity contribution in [1.82, 2.24) is 9.66 Å². The van der Waals surface area contributed by atoms with Crippen LogP contribution in [0.4, 0.5) is 5.69 Å². The highest BCUT2D eigenvalue weighted by atomic mass is 35.5. The van der Waals surface area contributed by atoms with Crippen molar-refractivity contribution in [2.24, 2.45) is 5.10 Å². The first-order valence-corrected chi connectivity index (χ1v) is 7.32. The summed E-state index contributed by atoms with van der Waals surface area (Å²) < 4.78 is 1.16. The number of aryl methyl sites for hydroxylation is 1.